The van der Waals surface area contributed by atoms with Crippen LogP contribution in [0.15, 0.2) is 127 Å². The second-order valence-electron chi connectivity index (χ2n) is 27.1. The fourth-order valence-electron chi connectivity index (χ4n) is 16.2. The Labute approximate surface area is 552 Å². The van der Waals surface area contributed by atoms with Gasteiger partial charge in [-0.3, -0.25) is 40.5 Å². The summed E-state index contributed by atoms with van der Waals surface area (Å²) in [6.07, 6.45) is 18.7. The van der Waals surface area contributed by atoms with E-state index in [4.69, 9.17) is 42.1 Å². The molecule has 6 aromatic rings. The van der Waals surface area contributed by atoms with Crippen molar-refractivity contribution >= 4 is 63.5 Å². The Bertz CT molecular complexity index is 3580. The van der Waals surface area contributed by atoms with Crippen LogP contribution < -0.4 is 9.47 Å². The van der Waals surface area contributed by atoms with E-state index >= 15 is 0 Å². The van der Waals surface area contributed by atoms with Crippen LogP contribution in [0.25, 0.3) is 5.57 Å². The van der Waals surface area contributed by atoms with Gasteiger partial charge in [-0.25, -0.2) is 9.59 Å². The van der Waals surface area contributed by atoms with Gasteiger partial charge in [0, 0.05) is 48.5 Å². The van der Waals surface area contributed by atoms with Crippen molar-refractivity contribution < 1.29 is 48.2 Å². The van der Waals surface area contributed by atoms with Gasteiger partial charge in [0.1, 0.15) is 37.6 Å². The summed E-state index contributed by atoms with van der Waals surface area (Å²) in [5.74, 6) is 3.76. The molecule has 1 unspecified atom stereocenters. The van der Waals surface area contributed by atoms with Gasteiger partial charge >= 0.3 is 11.9 Å². The number of carbonyl (C=O) groups is 2. The third kappa shape index (κ3) is 15.6. The molecule has 0 saturated heterocycles. The lowest BCUT2D eigenvalue weighted by Gasteiger charge is -2.61. The number of allylic oxidation sites excluding steroid dienone is 1. The Balaban J connectivity index is 0.983. The van der Waals surface area contributed by atoms with Gasteiger partial charge in [0.2, 0.25) is 0 Å². The Morgan fingerprint density at radius 3 is 1.42 bits per heavy atom. The van der Waals surface area contributed by atoms with Crippen molar-refractivity contribution in [1.82, 2.24) is 0 Å². The summed E-state index contributed by atoms with van der Waals surface area (Å²) >= 11 is 14.5. The fraction of sp³-hybridized carbons (Fsp3) is 0.452. The van der Waals surface area contributed by atoms with Crippen LogP contribution in [0, 0.1) is 98.6 Å². The number of hydrogen-bond donors (Lipinski definition) is 0. The maximum absolute atomic E-state index is 14.6. The number of ether oxygens (including phenoxy) is 4. The van der Waals surface area contributed by atoms with Gasteiger partial charge in [-0.15, -0.1) is 0 Å². The van der Waals surface area contributed by atoms with Gasteiger partial charge < -0.3 is 18.9 Å². The average molecular weight is 1310 g/mol. The first-order valence-electron chi connectivity index (χ1n) is 32.4. The van der Waals surface area contributed by atoms with Crippen LogP contribution >= 0.6 is 23.2 Å². The highest BCUT2D eigenvalue weighted by Gasteiger charge is 2.60. The lowest BCUT2D eigenvalue weighted by atomic mass is 9.44. The SMILES string of the molecule is CC(C)CCCC(C)[C@H]1CC[C@@H]2[C@H]3CC[C@H]4C[C@@H](CCC=C(c5cc(Cl)c(OCc6ccc([N+](=O)[O-])cc6)c(C(=O)OCc6ccc([N+](=O)[O-])cc6)c5)c5cc(Cl)c(OCc6ccc([N+](=O)[O-])cc6)c(C(=O)OCc6ccc([N+](=O)[O-])cc6)c5)CC[C@]4(C)[C@@H]3CC[C@]12C. The molecule has 4 fully saturated rings. The Kier molecular flexibility index (Phi) is 21.4. The van der Waals surface area contributed by atoms with Crippen LogP contribution in [0.3, 0.4) is 0 Å². The van der Waals surface area contributed by atoms with Crippen molar-refractivity contribution in [3.05, 3.63) is 222 Å². The van der Waals surface area contributed by atoms with Crippen LogP contribution in [0.4, 0.5) is 22.7 Å². The minimum atomic E-state index is -0.860. The van der Waals surface area contributed by atoms with E-state index in [0.29, 0.717) is 62.6 Å². The molecule has 0 aromatic heterocycles. The van der Waals surface area contributed by atoms with Gasteiger partial charge in [0.15, 0.2) is 11.5 Å². The zero-order chi connectivity index (χ0) is 66.3. The number of rotatable bonds is 26. The molecule has 0 N–H and O–H groups in total. The number of benzene rings is 6. The normalized spacial score (nSPS) is 22.5. The molecule has 0 amide bonds. The second kappa shape index (κ2) is 29.4. The summed E-state index contributed by atoms with van der Waals surface area (Å²) in [5.41, 5.74) is 3.25. The van der Waals surface area contributed by atoms with Gasteiger partial charge in [0.05, 0.1) is 29.7 Å². The van der Waals surface area contributed by atoms with Crippen molar-refractivity contribution in [2.45, 2.75) is 151 Å². The van der Waals surface area contributed by atoms with Crippen LogP contribution in [-0.4, -0.2) is 31.6 Å². The first kappa shape index (κ1) is 67.7. The Hall–Kier alpha value is -8.22. The number of nitro groups is 4. The smallest absolute Gasteiger partial charge is 0.342 e. The molecule has 6 aromatic carbocycles. The van der Waals surface area contributed by atoms with E-state index in [1.807, 2.05) is 0 Å². The van der Waals surface area contributed by atoms with Gasteiger partial charge in [-0.2, -0.15) is 0 Å². The van der Waals surface area contributed by atoms with Gasteiger partial charge in [0.25, 0.3) is 22.7 Å². The predicted molar refractivity (Wildman–Crippen MR) is 355 cm³/mol. The molecule has 4 saturated carbocycles. The molecule has 0 spiro atoms. The topological polar surface area (TPSA) is 244 Å². The van der Waals surface area contributed by atoms with Crippen molar-refractivity contribution in [2.24, 2.45) is 58.2 Å². The van der Waals surface area contributed by atoms with E-state index < -0.39 is 31.6 Å². The molecule has 0 bridgehead atoms. The zero-order valence-electron chi connectivity index (χ0n) is 53.2. The van der Waals surface area contributed by atoms with E-state index in [9.17, 15) is 50.0 Å². The van der Waals surface area contributed by atoms with E-state index in [1.165, 1.54) is 161 Å². The van der Waals surface area contributed by atoms with Crippen molar-refractivity contribution in [1.29, 1.82) is 0 Å². The van der Waals surface area contributed by atoms with Crippen LogP contribution in [0.2, 0.25) is 10.0 Å². The molecule has 0 radical (unpaired) electrons. The highest BCUT2D eigenvalue weighted by Crippen LogP contribution is 2.69. The summed E-state index contributed by atoms with van der Waals surface area (Å²) in [7, 11) is 0. The van der Waals surface area contributed by atoms with Crippen molar-refractivity contribution in [3.63, 3.8) is 0 Å². The standard InChI is InChI=1S/C73H80Cl2N4O14/c1-45(2)8-6-9-46(3)63-30-31-64-60-29-20-54-36-47(32-34-72(54,4)65(60)33-35-73(63,64)5)10-7-11-59(52-37-61(70(80)92-43-50-16-25-57(26-17-50)78(86)87)68(66(74)39-52)90-41-48-12-21-55(22-13-48)76(82)83)53-38-62(71(81)93-44-51-18-27-58(28-19-51)79(88)89)69(67(75)40-53)91-42-49-14-23-56(24-15-49)77(84)85/h11-19,21-28,37-40,45-47,54,60,63-65H,6-10,20,29-36,41-44H2,1-5H3/t46?,47-,54-,60+,63+,64+,65+,72-,73+/m0/s1. The first-order chi connectivity index (χ1) is 44.5. The van der Waals surface area contributed by atoms with E-state index in [1.54, 1.807) is 24.3 Å². The Morgan fingerprint density at radius 1 is 0.548 bits per heavy atom. The summed E-state index contributed by atoms with van der Waals surface area (Å²) in [5, 5.41) is 45.9. The molecular weight excluding hydrogens is 1230 g/mol. The zero-order valence-corrected chi connectivity index (χ0v) is 54.7. The number of nitrogens with zero attached hydrogens (tertiary/aromatic N) is 4. The third-order valence-electron chi connectivity index (χ3n) is 21.1. The minimum absolute atomic E-state index is 0.00560. The maximum Gasteiger partial charge on any atom is 0.342 e. The quantitative estimate of drug-likeness (QED) is 0.0279. The van der Waals surface area contributed by atoms with Gasteiger partial charge in [-0.1, -0.05) is 83.2 Å². The van der Waals surface area contributed by atoms with Crippen LogP contribution in [-0.2, 0) is 35.9 Å². The molecule has 0 aliphatic heterocycles. The van der Waals surface area contributed by atoms with E-state index in [2.05, 4.69) is 40.7 Å². The van der Waals surface area contributed by atoms with E-state index in [0.717, 1.165) is 54.8 Å². The van der Waals surface area contributed by atoms with Crippen molar-refractivity contribution in [3.8, 4) is 11.5 Å². The third-order valence-corrected chi connectivity index (χ3v) is 21.7. The number of non-ortho nitro benzene ring substituents is 4. The largest absolute Gasteiger partial charge is 0.486 e. The second-order valence-corrected chi connectivity index (χ2v) is 27.9. The van der Waals surface area contributed by atoms with E-state index in [-0.39, 0.29) is 87.3 Å². The lowest BCUT2D eigenvalue weighted by Crippen LogP contribution is -2.53. The summed E-state index contributed by atoms with van der Waals surface area (Å²) in [4.78, 5) is 73.1. The highest BCUT2D eigenvalue weighted by molar-refractivity contribution is 6.33. The van der Waals surface area contributed by atoms with Gasteiger partial charge in [-0.05, 0) is 241 Å². The first-order valence-corrected chi connectivity index (χ1v) is 33.2. The minimum Gasteiger partial charge on any atom is -0.486 e. The average Bonchev–Trinajstić information content (AvgIpc) is 1.69. The molecule has 0 heterocycles. The predicted octanol–water partition coefficient (Wildman–Crippen LogP) is 19.4. The molecule has 93 heavy (non-hydrogen) atoms. The summed E-state index contributed by atoms with van der Waals surface area (Å²) in [6, 6.07) is 28.9. The number of hydrogen-bond acceptors (Lipinski definition) is 14. The molecule has 18 nitrogen and oxygen atoms in total. The van der Waals surface area contributed by atoms with Crippen molar-refractivity contribution in [2.75, 3.05) is 0 Å². The molecule has 490 valence electrons. The summed E-state index contributed by atoms with van der Waals surface area (Å²) < 4.78 is 24.4. The molecular formula is C73H80Cl2N4O14. The van der Waals surface area contributed by atoms with Crippen LogP contribution in [0.5, 0.6) is 11.5 Å². The number of halogens is 2. The summed E-state index contributed by atoms with van der Waals surface area (Å²) in [6.45, 7) is 11.6. The molecule has 9 atom stereocenters. The number of fused-ring (bicyclic) bond motifs is 5. The molecule has 10 rings (SSSR count). The number of carbonyl (C=O) groups excluding carboxylic acids is 2. The molecule has 4 aliphatic carbocycles. The maximum atomic E-state index is 14.6. The highest BCUT2D eigenvalue weighted by atomic mass is 35.5. The van der Waals surface area contributed by atoms with Crippen LogP contribution in [0.1, 0.15) is 179 Å². The lowest BCUT2D eigenvalue weighted by molar-refractivity contribution is -0.385. The number of esters is 2. The monoisotopic (exact) mass is 1310 g/mol. The molecule has 4 aliphatic rings. The number of nitro benzene ring substituents is 4. The fourth-order valence-corrected chi connectivity index (χ4v) is 16.8. The molecule has 20 heteroatoms. The Morgan fingerprint density at radius 2 is 0.978 bits per heavy atom.